The molecule has 13 heteroatoms. The summed E-state index contributed by atoms with van der Waals surface area (Å²) in [5, 5.41) is 10.4. The molecule has 0 spiro atoms. The van der Waals surface area contributed by atoms with Crippen LogP contribution >= 0.6 is 0 Å². The molecule has 13 nitrogen and oxygen atoms in total. The molecule has 1 aromatic heterocycles. The molecule has 1 aliphatic heterocycles. The Kier molecular flexibility index (Phi) is 12.3. The van der Waals surface area contributed by atoms with E-state index in [-0.39, 0.29) is 30.6 Å². The fourth-order valence-electron chi connectivity index (χ4n) is 5.12. The van der Waals surface area contributed by atoms with Crippen molar-refractivity contribution in [3.05, 3.63) is 70.8 Å². The minimum Gasteiger partial charge on any atom is -0.377 e. The van der Waals surface area contributed by atoms with Gasteiger partial charge < -0.3 is 24.4 Å². The molecule has 236 valence electrons. The van der Waals surface area contributed by atoms with Gasteiger partial charge in [-0.25, -0.2) is 4.98 Å². The van der Waals surface area contributed by atoms with Gasteiger partial charge in [-0.3, -0.25) is 24.4 Å². The quantitative estimate of drug-likeness (QED) is 0.143. The van der Waals surface area contributed by atoms with Crippen LogP contribution in [0, 0.1) is 0 Å². The number of fused-ring (bicyclic) bond motifs is 1. The molecule has 1 aliphatic rings. The van der Waals surface area contributed by atoms with E-state index >= 15 is 0 Å². The third-order valence-corrected chi connectivity index (χ3v) is 7.63. The molecular weight excluding hydrogens is 566 g/mol. The predicted octanol–water partition coefficient (Wildman–Crippen LogP) is 2.60. The summed E-state index contributed by atoms with van der Waals surface area (Å²) in [7, 11) is 3.22. The van der Waals surface area contributed by atoms with E-state index in [0.717, 1.165) is 5.56 Å². The first-order chi connectivity index (χ1) is 21.4. The number of nitrogens with one attached hydrogen (secondary N) is 2. The average Bonchev–Trinajstić information content (AvgIpc) is 3.05. The number of rotatable bonds is 16. The number of ether oxygens (including phenoxy) is 3. The van der Waals surface area contributed by atoms with Gasteiger partial charge in [0.1, 0.15) is 6.61 Å². The molecule has 1 saturated heterocycles. The molecular formula is C31H41N7O6. The molecule has 2 amide bonds. The van der Waals surface area contributed by atoms with Gasteiger partial charge in [-0.1, -0.05) is 35.6 Å². The van der Waals surface area contributed by atoms with Gasteiger partial charge in [0.2, 0.25) is 11.8 Å². The number of anilines is 1. The maximum absolute atomic E-state index is 13.4. The number of methoxy groups -OCH3 is 1. The van der Waals surface area contributed by atoms with Gasteiger partial charge in [0.25, 0.3) is 5.56 Å². The van der Waals surface area contributed by atoms with Crippen LogP contribution in [0.3, 0.4) is 0 Å². The molecule has 0 aliphatic carbocycles. The Morgan fingerprint density at radius 3 is 2.57 bits per heavy atom. The van der Waals surface area contributed by atoms with E-state index in [1.807, 2.05) is 35.2 Å². The zero-order valence-corrected chi connectivity index (χ0v) is 25.4. The van der Waals surface area contributed by atoms with Crippen LogP contribution < -0.4 is 16.3 Å². The zero-order chi connectivity index (χ0) is 31.2. The van der Waals surface area contributed by atoms with Crippen molar-refractivity contribution < 1.29 is 23.8 Å². The third-order valence-electron chi connectivity index (χ3n) is 7.63. The standard InChI is InChI=1S/C31H41N7O6/c1-32-36-34-14-17-43-18-19-44-21-28(39)35-25-9-10-26-27(20-25)33-23-38(30(26)41)22-31(42-2)12-15-37(16-13-31)29(40)11-8-24-6-4-3-5-7-24/h3-7,9-10,20,23H,8,11-19,21-22H2,1-2H3,(H,32,34)(H,35,39). The van der Waals surface area contributed by atoms with Crippen molar-refractivity contribution in [2.75, 3.05) is 65.5 Å². The fourth-order valence-corrected chi connectivity index (χ4v) is 5.12. The number of piperidine rings is 1. The molecule has 0 unspecified atom stereocenters. The maximum atomic E-state index is 13.4. The SMILES string of the molecule is C/N=N/NCCOCCOCC(=O)Nc1ccc2c(=O)n(CC3(OC)CCN(C(=O)CCc4ccccc4)CC3)cnc2c1. The number of likely N-dealkylation sites (tertiary alicyclic amines) is 1. The number of benzene rings is 2. The second kappa shape index (κ2) is 16.6. The van der Waals surface area contributed by atoms with Crippen molar-refractivity contribution in [2.45, 2.75) is 37.8 Å². The molecule has 44 heavy (non-hydrogen) atoms. The highest BCUT2D eigenvalue weighted by atomic mass is 16.5. The summed E-state index contributed by atoms with van der Waals surface area (Å²) < 4.78 is 18.2. The van der Waals surface area contributed by atoms with E-state index < -0.39 is 5.60 Å². The van der Waals surface area contributed by atoms with Crippen LogP contribution in [0.4, 0.5) is 5.69 Å². The normalized spacial score (nSPS) is 14.6. The number of aryl methyl sites for hydroxylation is 1. The summed E-state index contributed by atoms with van der Waals surface area (Å²) in [5.74, 6) is -0.193. The highest BCUT2D eigenvalue weighted by Crippen LogP contribution is 2.28. The Bertz CT molecular complexity index is 1450. The molecule has 0 atom stereocenters. The largest absolute Gasteiger partial charge is 0.377 e. The van der Waals surface area contributed by atoms with Gasteiger partial charge in [-0.2, -0.15) is 5.11 Å². The molecule has 3 aromatic rings. The summed E-state index contributed by atoms with van der Waals surface area (Å²) in [4.78, 5) is 44.9. The average molecular weight is 608 g/mol. The molecule has 2 aromatic carbocycles. The molecule has 0 saturated carbocycles. The number of amides is 2. The topological polar surface area (TPSA) is 149 Å². The summed E-state index contributed by atoms with van der Waals surface area (Å²) in [6, 6.07) is 15.0. The molecule has 2 N–H and O–H groups in total. The van der Waals surface area contributed by atoms with Crippen LogP contribution in [0.1, 0.15) is 24.8 Å². The lowest BCUT2D eigenvalue weighted by Crippen LogP contribution is -2.50. The summed E-state index contributed by atoms with van der Waals surface area (Å²) in [6.07, 6.45) is 3.93. The van der Waals surface area contributed by atoms with Gasteiger partial charge in [-0.05, 0) is 43.0 Å². The maximum Gasteiger partial charge on any atom is 0.261 e. The smallest absolute Gasteiger partial charge is 0.261 e. The van der Waals surface area contributed by atoms with Crippen LogP contribution in [0.5, 0.6) is 0 Å². The molecule has 4 rings (SSSR count). The van der Waals surface area contributed by atoms with E-state index in [0.29, 0.717) is 81.7 Å². The second-order valence-electron chi connectivity index (χ2n) is 10.6. The summed E-state index contributed by atoms with van der Waals surface area (Å²) in [5.41, 5.74) is 4.07. The minimum atomic E-state index is -0.577. The molecule has 1 fully saturated rings. The van der Waals surface area contributed by atoms with Crippen molar-refractivity contribution in [1.82, 2.24) is 19.9 Å². The molecule has 2 heterocycles. The Morgan fingerprint density at radius 1 is 1.05 bits per heavy atom. The number of nitrogens with zero attached hydrogens (tertiary/aromatic N) is 5. The van der Waals surface area contributed by atoms with Gasteiger partial charge >= 0.3 is 0 Å². The van der Waals surface area contributed by atoms with Gasteiger partial charge in [0.05, 0.1) is 62.8 Å². The van der Waals surface area contributed by atoms with E-state index in [1.54, 1.807) is 36.9 Å². The highest BCUT2D eigenvalue weighted by Gasteiger charge is 2.36. The Labute approximate surface area is 256 Å². The van der Waals surface area contributed by atoms with Crippen molar-refractivity contribution in [1.29, 1.82) is 0 Å². The van der Waals surface area contributed by atoms with Crippen molar-refractivity contribution in [3.8, 4) is 0 Å². The van der Waals surface area contributed by atoms with Crippen molar-refractivity contribution >= 4 is 28.4 Å². The van der Waals surface area contributed by atoms with Crippen LogP contribution in [-0.2, 0) is 36.8 Å². The van der Waals surface area contributed by atoms with Crippen molar-refractivity contribution in [2.24, 2.45) is 10.3 Å². The number of hydrogen-bond donors (Lipinski definition) is 2. The minimum absolute atomic E-state index is 0.131. The van der Waals surface area contributed by atoms with Crippen LogP contribution in [0.15, 0.2) is 70.0 Å². The lowest BCUT2D eigenvalue weighted by atomic mass is 9.90. The lowest BCUT2D eigenvalue weighted by Gasteiger charge is -2.41. The summed E-state index contributed by atoms with van der Waals surface area (Å²) in [6.45, 7) is 2.94. The first-order valence-electron chi connectivity index (χ1n) is 14.8. The molecule has 0 radical (unpaired) electrons. The predicted molar refractivity (Wildman–Crippen MR) is 165 cm³/mol. The van der Waals surface area contributed by atoms with E-state index in [2.05, 4.69) is 26.1 Å². The Hall–Kier alpha value is -4.20. The van der Waals surface area contributed by atoms with Crippen molar-refractivity contribution in [3.63, 3.8) is 0 Å². The van der Waals surface area contributed by atoms with E-state index in [4.69, 9.17) is 14.2 Å². The second-order valence-corrected chi connectivity index (χ2v) is 10.6. The first kappa shape index (κ1) is 32.7. The zero-order valence-electron chi connectivity index (χ0n) is 25.4. The number of carbonyl (C=O) groups is 2. The van der Waals surface area contributed by atoms with Gasteiger partial charge in [0, 0.05) is 32.3 Å². The highest BCUT2D eigenvalue weighted by molar-refractivity contribution is 5.94. The van der Waals surface area contributed by atoms with Gasteiger partial charge in [-0.15, -0.1) is 0 Å². The van der Waals surface area contributed by atoms with Crippen LogP contribution in [-0.4, -0.2) is 92.1 Å². The number of carbonyl (C=O) groups excluding carboxylic acids is 2. The fraction of sp³-hybridized carbons (Fsp3) is 0.484. The van der Waals surface area contributed by atoms with E-state index in [9.17, 15) is 14.4 Å². The monoisotopic (exact) mass is 607 g/mol. The number of aromatic nitrogens is 2. The van der Waals surface area contributed by atoms with Crippen LogP contribution in [0.2, 0.25) is 0 Å². The third kappa shape index (κ3) is 9.40. The number of hydrogen-bond acceptors (Lipinski definition) is 9. The van der Waals surface area contributed by atoms with Crippen LogP contribution in [0.25, 0.3) is 10.9 Å². The Morgan fingerprint density at radius 2 is 1.82 bits per heavy atom. The Balaban J connectivity index is 1.26. The molecule has 0 bridgehead atoms. The first-order valence-corrected chi connectivity index (χ1v) is 14.8. The summed E-state index contributed by atoms with van der Waals surface area (Å²) >= 11 is 0. The van der Waals surface area contributed by atoms with E-state index in [1.165, 1.54) is 6.33 Å². The lowest BCUT2D eigenvalue weighted by molar-refractivity contribution is -0.137. The van der Waals surface area contributed by atoms with Gasteiger partial charge in [0.15, 0.2) is 0 Å².